The van der Waals surface area contributed by atoms with Crippen molar-refractivity contribution in [2.45, 2.75) is 18.8 Å². The molecule has 3 nitrogen and oxygen atoms in total. The van der Waals surface area contributed by atoms with Crippen molar-refractivity contribution in [1.82, 2.24) is 15.0 Å². The molecule has 1 aliphatic rings. The van der Waals surface area contributed by atoms with Crippen molar-refractivity contribution in [3.05, 3.63) is 46.3 Å². The maximum Gasteiger partial charge on any atom is 0.157 e. The zero-order valence-electron chi connectivity index (χ0n) is 10.5. The molecule has 0 unspecified atom stereocenters. The van der Waals surface area contributed by atoms with Gasteiger partial charge in [-0.15, -0.1) is 0 Å². The van der Waals surface area contributed by atoms with Crippen LogP contribution in [-0.4, -0.2) is 15.0 Å². The first-order valence-electron chi connectivity index (χ1n) is 6.52. The largest absolute Gasteiger partial charge is 0.323 e. The van der Waals surface area contributed by atoms with Crippen LogP contribution >= 0.6 is 15.9 Å². The molecule has 1 N–H and O–H groups in total. The van der Waals surface area contributed by atoms with E-state index in [1.54, 1.807) is 18.3 Å². The zero-order chi connectivity index (χ0) is 13.7. The summed E-state index contributed by atoms with van der Waals surface area (Å²) >= 11 is 3.26. The van der Waals surface area contributed by atoms with Crippen LogP contribution in [0, 0.1) is 5.82 Å². The lowest BCUT2D eigenvalue weighted by molar-refractivity contribution is 0.629. The molecular weight excluding hydrogens is 321 g/mol. The fourth-order valence-electron chi connectivity index (χ4n) is 2.46. The first-order chi connectivity index (χ1) is 9.72. The summed E-state index contributed by atoms with van der Waals surface area (Å²) in [5.41, 5.74) is 3.28. The van der Waals surface area contributed by atoms with Gasteiger partial charge in [-0.1, -0.05) is 15.9 Å². The third-order valence-electron chi connectivity index (χ3n) is 3.62. The number of H-pyrrole nitrogens is 1. The van der Waals surface area contributed by atoms with Gasteiger partial charge < -0.3 is 4.98 Å². The van der Waals surface area contributed by atoms with Crippen LogP contribution in [0.25, 0.3) is 22.6 Å². The summed E-state index contributed by atoms with van der Waals surface area (Å²) in [4.78, 5) is 12.0. The molecule has 0 saturated heterocycles. The molecule has 2 heterocycles. The van der Waals surface area contributed by atoms with Gasteiger partial charge in [0.2, 0.25) is 0 Å². The van der Waals surface area contributed by atoms with Gasteiger partial charge in [-0.3, -0.25) is 0 Å². The van der Waals surface area contributed by atoms with E-state index in [0.29, 0.717) is 21.8 Å². The number of benzene rings is 1. The normalized spacial score (nSPS) is 14.9. The molecule has 1 aliphatic carbocycles. The quantitative estimate of drug-likeness (QED) is 0.755. The Labute approximate surface area is 123 Å². The third kappa shape index (κ3) is 1.93. The predicted octanol–water partition coefficient (Wildman–Crippen LogP) is 4.40. The van der Waals surface area contributed by atoms with Crippen LogP contribution < -0.4 is 0 Å². The highest BCUT2D eigenvalue weighted by atomic mass is 79.9. The van der Waals surface area contributed by atoms with E-state index in [0.717, 1.165) is 11.2 Å². The second kappa shape index (κ2) is 4.38. The maximum atomic E-state index is 14.0. The monoisotopic (exact) mass is 331 g/mol. The van der Waals surface area contributed by atoms with Gasteiger partial charge in [0.25, 0.3) is 0 Å². The van der Waals surface area contributed by atoms with Crippen molar-refractivity contribution in [3.8, 4) is 11.4 Å². The lowest BCUT2D eigenvalue weighted by Gasteiger charge is -1.99. The van der Waals surface area contributed by atoms with Gasteiger partial charge in [0.05, 0.1) is 5.56 Å². The Kier molecular flexibility index (Phi) is 2.63. The van der Waals surface area contributed by atoms with Crippen molar-refractivity contribution in [2.24, 2.45) is 0 Å². The fourth-order valence-corrected chi connectivity index (χ4v) is 2.80. The number of aromatic amines is 1. The molecule has 20 heavy (non-hydrogen) atoms. The van der Waals surface area contributed by atoms with E-state index in [1.807, 2.05) is 6.07 Å². The molecule has 1 fully saturated rings. The Hall–Kier alpha value is -1.75. The first-order valence-corrected chi connectivity index (χ1v) is 7.32. The molecule has 3 aromatic rings. The van der Waals surface area contributed by atoms with E-state index in [2.05, 4.69) is 30.9 Å². The second-order valence-electron chi connectivity index (χ2n) is 5.08. The Balaban J connectivity index is 1.90. The second-order valence-corrected chi connectivity index (χ2v) is 6.00. The Morgan fingerprint density at radius 3 is 2.85 bits per heavy atom. The molecule has 0 atom stereocenters. The molecule has 1 saturated carbocycles. The molecule has 2 aromatic heterocycles. The van der Waals surface area contributed by atoms with Crippen LogP contribution in [0.3, 0.4) is 0 Å². The van der Waals surface area contributed by atoms with Gasteiger partial charge in [-0.2, -0.15) is 0 Å². The maximum absolute atomic E-state index is 14.0. The van der Waals surface area contributed by atoms with Gasteiger partial charge in [0, 0.05) is 10.7 Å². The molecule has 0 bridgehead atoms. The van der Waals surface area contributed by atoms with E-state index in [4.69, 9.17) is 0 Å². The summed E-state index contributed by atoms with van der Waals surface area (Å²) < 4.78 is 14.7. The Bertz CT molecular complexity index is 808. The fraction of sp³-hybridized carbons (Fsp3) is 0.200. The first kappa shape index (κ1) is 12.0. The highest BCUT2D eigenvalue weighted by Crippen LogP contribution is 2.42. The number of pyridine rings is 1. The van der Waals surface area contributed by atoms with Crippen molar-refractivity contribution in [3.63, 3.8) is 0 Å². The van der Waals surface area contributed by atoms with Crippen molar-refractivity contribution in [2.75, 3.05) is 0 Å². The SMILES string of the molecule is Fc1cc(Br)ccc1-c1nc2c(C3CC3)ccnc2[nH]1. The van der Waals surface area contributed by atoms with Crippen molar-refractivity contribution in [1.29, 1.82) is 0 Å². The molecule has 0 aliphatic heterocycles. The molecular formula is C15H11BrFN3. The van der Waals surface area contributed by atoms with Crippen LogP contribution in [0.1, 0.15) is 24.3 Å². The molecule has 5 heteroatoms. The number of hydrogen-bond acceptors (Lipinski definition) is 2. The Morgan fingerprint density at radius 2 is 2.10 bits per heavy atom. The smallest absolute Gasteiger partial charge is 0.157 e. The van der Waals surface area contributed by atoms with E-state index in [1.165, 1.54) is 24.5 Å². The standard InChI is InChI=1S/C15H11BrFN3/c16-9-3-4-11(12(17)7-9)14-19-13-10(8-1-2-8)5-6-18-15(13)20-14/h3-8H,1-2H2,(H,18,19,20). The van der Waals surface area contributed by atoms with E-state index < -0.39 is 0 Å². The molecule has 100 valence electrons. The summed E-state index contributed by atoms with van der Waals surface area (Å²) in [7, 11) is 0. The van der Waals surface area contributed by atoms with E-state index in [9.17, 15) is 4.39 Å². The van der Waals surface area contributed by atoms with Gasteiger partial charge in [-0.25, -0.2) is 14.4 Å². The average molecular weight is 332 g/mol. The third-order valence-corrected chi connectivity index (χ3v) is 4.11. The summed E-state index contributed by atoms with van der Waals surface area (Å²) in [6, 6.07) is 6.98. The summed E-state index contributed by atoms with van der Waals surface area (Å²) in [5.74, 6) is 0.823. The number of hydrogen-bond donors (Lipinski definition) is 1. The summed E-state index contributed by atoms with van der Waals surface area (Å²) in [6.45, 7) is 0. The minimum Gasteiger partial charge on any atom is -0.323 e. The summed E-state index contributed by atoms with van der Waals surface area (Å²) in [5, 5.41) is 0. The van der Waals surface area contributed by atoms with Crippen LogP contribution in [0.4, 0.5) is 4.39 Å². The topological polar surface area (TPSA) is 41.6 Å². The van der Waals surface area contributed by atoms with E-state index in [-0.39, 0.29) is 5.82 Å². The van der Waals surface area contributed by atoms with Crippen molar-refractivity contribution >= 4 is 27.1 Å². The number of rotatable bonds is 2. The van der Waals surface area contributed by atoms with Crippen LogP contribution in [0.2, 0.25) is 0 Å². The number of nitrogens with one attached hydrogen (secondary N) is 1. The number of halogens is 2. The predicted molar refractivity (Wildman–Crippen MR) is 79.0 cm³/mol. The number of fused-ring (bicyclic) bond motifs is 1. The van der Waals surface area contributed by atoms with Crippen molar-refractivity contribution < 1.29 is 4.39 Å². The van der Waals surface area contributed by atoms with Gasteiger partial charge in [0.1, 0.15) is 17.2 Å². The van der Waals surface area contributed by atoms with Crippen LogP contribution in [-0.2, 0) is 0 Å². The molecule has 0 amide bonds. The number of nitrogens with zero attached hydrogens (tertiary/aromatic N) is 2. The lowest BCUT2D eigenvalue weighted by Crippen LogP contribution is -1.86. The summed E-state index contributed by atoms with van der Waals surface area (Å²) in [6.07, 6.45) is 4.19. The minimum absolute atomic E-state index is 0.300. The highest BCUT2D eigenvalue weighted by molar-refractivity contribution is 9.10. The molecule has 1 aromatic carbocycles. The number of aromatic nitrogens is 3. The minimum atomic E-state index is -0.300. The Morgan fingerprint density at radius 1 is 1.25 bits per heavy atom. The van der Waals surface area contributed by atoms with Gasteiger partial charge in [0.15, 0.2) is 5.65 Å². The van der Waals surface area contributed by atoms with E-state index >= 15 is 0 Å². The van der Waals surface area contributed by atoms with Crippen LogP contribution in [0.5, 0.6) is 0 Å². The zero-order valence-corrected chi connectivity index (χ0v) is 12.1. The molecule has 0 spiro atoms. The number of imidazole rings is 1. The van der Waals surface area contributed by atoms with Gasteiger partial charge >= 0.3 is 0 Å². The lowest BCUT2D eigenvalue weighted by atomic mass is 10.1. The molecule has 4 rings (SSSR count). The van der Waals surface area contributed by atoms with Gasteiger partial charge in [-0.05, 0) is 48.6 Å². The highest BCUT2D eigenvalue weighted by Gasteiger charge is 2.27. The van der Waals surface area contributed by atoms with Crippen LogP contribution in [0.15, 0.2) is 34.9 Å². The average Bonchev–Trinajstić information content (AvgIpc) is 3.17. The molecule has 0 radical (unpaired) electrons.